The van der Waals surface area contributed by atoms with Gasteiger partial charge < -0.3 is 19.3 Å². The number of aliphatic carboxylic acids is 1. The van der Waals surface area contributed by atoms with E-state index in [-0.39, 0.29) is 31.0 Å². The van der Waals surface area contributed by atoms with Gasteiger partial charge in [-0.25, -0.2) is 0 Å². The molecule has 7 nitrogen and oxygen atoms in total. The van der Waals surface area contributed by atoms with E-state index >= 15 is 0 Å². The molecular formula is C16H22O7. The zero-order valence-electron chi connectivity index (χ0n) is 13.3. The Hall–Kier alpha value is -1.89. The summed E-state index contributed by atoms with van der Waals surface area (Å²) >= 11 is 0. The van der Waals surface area contributed by atoms with Crippen molar-refractivity contribution in [2.24, 2.45) is 23.7 Å². The molecule has 5 atom stereocenters. The number of hydrogen-bond acceptors (Lipinski definition) is 6. The maximum absolute atomic E-state index is 12.2. The number of esters is 2. The number of carboxylic acids is 1. The van der Waals surface area contributed by atoms with Crippen molar-refractivity contribution in [2.45, 2.75) is 26.4 Å². The highest BCUT2D eigenvalue weighted by Gasteiger charge is 2.50. The number of carbonyl (C=O) groups excluding carboxylic acids is 2. The predicted molar refractivity (Wildman–Crippen MR) is 78.4 cm³/mol. The lowest BCUT2D eigenvalue weighted by Crippen LogP contribution is -2.51. The molecule has 0 spiro atoms. The molecule has 1 fully saturated rings. The SMILES string of the molecule is CCC(C)C(=O)OCCOC(=O)C1C2C=CC(OC2)C1C(=O)O. The minimum absolute atomic E-state index is 0.0280. The Morgan fingerprint density at radius 3 is 2.48 bits per heavy atom. The highest BCUT2D eigenvalue weighted by molar-refractivity contribution is 5.83. The van der Waals surface area contributed by atoms with Gasteiger partial charge in [-0.3, -0.25) is 14.4 Å². The first-order valence-electron chi connectivity index (χ1n) is 7.81. The van der Waals surface area contributed by atoms with E-state index in [0.29, 0.717) is 13.0 Å². The lowest BCUT2D eigenvalue weighted by molar-refractivity contribution is -0.176. The first-order valence-corrected chi connectivity index (χ1v) is 7.81. The second kappa shape index (κ2) is 7.59. The van der Waals surface area contributed by atoms with Crippen molar-refractivity contribution in [3.8, 4) is 0 Å². The summed E-state index contributed by atoms with van der Waals surface area (Å²) in [5.41, 5.74) is 0. The maximum Gasteiger partial charge on any atom is 0.310 e. The summed E-state index contributed by atoms with van der Waals surface area (Å²) in [6, 6.07) is 0. The van der Waals surface area contributed by atoms with Crippen LogP contribution >= 0.6 is 0 Å². The lowest BCUT2D eigenvalue weighted by Gasteiger charge is -2.41. The molecule has 1 saturated heterocycles. The van der Waals surface area contributed by atoms with E-state index in [1.807, 2.05) is 13.0 Å². The molecule has 0 aromatic heterocycles. The lowest BCUT2D eigenvalue weighted by atomic mass is 9.72. The van der Waals surface area contributed by atoms with Crippen LogP contribution in [0.25, 0.3) is 0 Å². The van der Waals surface area contributed by atoms with Crippen LogP contribution in [0.3, 0.4) is 0 Å². The van der Waals surface area contributed by atoms with Gasteiger partial charge in [0, 0.05) is 5.92 Å². The van der Waals surface area contributed by atoms with Crippen molar-refractivity contribution < 1.29 is 33.7 Å². The average molecular weight is 326 g/mol. The number of carboxylic acid groups (broad SMARTS) is 1. The summed E-state index contributed by atoms with van der Waals surface area (Å²) < 4.78 is 15.5. The van der Waals surface area contributed by atoms with Gasteiger partial charge in [-0.1, -0.05) is 26.0 Å². The normalized spacial score (nSPS) is 29.8. The van der Waals surface area contributed by atoms with Gasteiger partial charge in [-0.2, -0.15) is 0 Å². The van der Waals surface area contributed by atoms with E-state index in [9.17, 15) is 19.5 Å². The fourth-order valence-corrected chi connectivity index (χ4v) is 2.81. The molecule has 3 rings (SSSR count). The van der Waals surface area contributed by atoms with Crippen LogP contribution in [0.1, 0.15) is 20.3 Å². The molecule has 2 heterocycles. The van der Waals surface area contributed by atoms with Crippen LogP contribution in [0.5, 0.6) is 0 Å². The number of carbonyl (C=O) groups is 3. The first kappa shape index (κ1) is 17.5. The van der Waals surface area contributed by atoms with Crippen LogP contribution in [0.4, 0.5) is 0 Å². The predicted octanol–water partition coefficient (Wildman–Crippen LogP) is 1.02. The van der Waals surface area contributed by atoms with Crippen molar-refractivity contribution in [3.63, 3.8) is 0 Å². The van der Waals surface area contributed by atoms with Crippen molar-refractivity contribution in [1.29, 1.82) is 0 Å². The van der Waals surface area contributed by atoms with Crippen LogP contribution in [0.15, 0.2) is 12.2 Å². The van der Waals surface area contributed by atoms with Crippen LogP contribution in [0, 0.1) is 23.7 Å². The van der Waals surface area contributed by atoms with E-state index in [0.717, 1.165) is 0 Å². The molecular weight excluding hydrogens is 304 g/mol. The fourth-order valence-electron chi connectivity index (χ4n) is 2.81. The number of hydrogen-bond donors (Lipinski definition) is 1. The Kier molecular flexibility index (Phi) is 5.76. The zero-order valence-corrected chi connectivity index (χ0v) is 13.3. The zero-order chi connectivity index (χ0) is 17.0. The Labute approximate surface area is 134 Å². The van der Waals surface area contributed by atoms with E-state index in [1.54, 1.807) is 13.0 Å². The van der Waals surface area contributed by atoms with E-state index in [2.05, 4.69) is 0 Å². The van der Waals surface area contributed by atoms with E-state index < -0.39 is 29.9 Å². The quantitative estimate of drug-likeness (QED) is 0.423. The Balaban J connectivity index is 1.84. The van der Waals surface area contributed by atoms with Gasteiger partial charge in [-0.05, 0) is 6.42 Å². The third-order valence-corrected chi connectivity index (χ3v) is 4.38. The maximum atomic E-state index is 12.2. The molecule has 5 unspecified atom stereocenters. The summed E-state index contributed by atoms with van der Waals surface area (Å²) in [7, 11) is 0. The molecule has 1 N–H and O–H groups in total. The van der Waals surface area contributed by atoms with E-state index in [4.69, 9.17) is 14.2 Å². The van der Waals surface area contributed by atoms with Crippen molar-refractivity contribution in [2.75, 3.05) is 19.8 Å². The van der Waals surface area contributed by atoms with Crippen molar-refractivity contribution >= 4 is 17.9 Å². The van der Waals surface area contributed by atoms with Gasteiger partial charge >= 0.3 is 17.9 Å². The molecule has 0 saturated carbocycles. The summed E-state index contributed by atoms with van der Waals surface area (Å²) in [5, 5.41) is 9.32. The fraction of sp³-hybridized carbons (Fsp3) is 0.688. The molecule has 0 amide bonds. The van der Waals surface area contributed by atoms with Crippen molar-refractivity contribution in [1.82, 2.24) is 0 Å². The second-order valence-corrected chi connectivity index (χ2v) is 5.88. The summed E-state index contributed by atoms with van der Waals surface area (Å²) in [6.07, 6.45) is 3.57. The minimum atomic E-state index is -1.07. The molecule has 128 valence electrons. The topological polar surface area (TPSA) is 99.1 Å². The molecule has 7 heteroatoms. The van der Waals surface area contributed by atoms with Gasteiger partial charge in [0.25, 0.3) is 0 Å². The first-order chi connectivity index (χ1) is 11.0. The van der Waals surface area contributed by atoms with Crippen LogP contribution in [-0.2, 0) is 28.6 Å². The standard InChI is InChI=1S/C16H22O7/c1-3-9(2)15(19)21-6-7-22-16(20)12-10-4-5-11(23-8-10)13(12)14(17)18/h4-5,9-13H,3,6-8H2,1-2H3,(H,17,18). The molecule has 2 bridgehead atoms. The highest BCUT2D eigenvalue weighted by Crippen LogP contribution is 2.38. The second-order valence-electron chi connectivity index (χ2n) is 5.88. The number of fused-ring (bicyclic) bond motifs is 2. The average Bonchev–Trinajstić information content (AvgIpc) is 2.57. The Bertz CT molecular complexity index is 499. The Morgan fingerprint density at radius 1 is 1.22 bits per heavy atom. The van der Waals surface area contributed by atoms with Gasteiger partial charge in [-0.15, -0.1) is 0 Å². The largest absolute Gasteiger partial charge is 0.481 e. The Morgan fingerprint density at radius 2 is 1.91 bits per heavy atom. The summed E-state index contributed by atoms with van der Waals surface area (Å²) in [4.78, 5) is 35.1. The van der Waals surface area contributed by atoms with Crippen LogP contribution in [0.2, 0.25) is 0 Å². The molecule has 0 aromatic rings. The van der Waals surface area contributed by atoms with Gasteiger partial charge in [0.1, 0.15) is 19.1 Å². The number of rotatable bonds is 7. The molecule has 1 aliphatic carbocycles. The van der Waals surface area contributed by atoms with Crippen LogP contribution in [-0.4, -0.2) is 48.9 Å². The smallest absolute Gasteiger partial charge is 0.310 e. The third kappa shape index (κ3) is 3.90. The van der Waals surface area contributed by atoms with Crippen molar-refractivity contribution in [3.05, 3.63) is 12.2 Å². The van der Waals surface area contributed by atoms with Gasteiger partial charge in [0.2, 0.25) is 0 Å². The molecule has 0 radical (unpaired) electrons. The summed E-state index contributed by atoms with van der Waals surface area (Å²) in [6.45, 7) is 3.85. The minimum Gasteiger partial charge on any atom is -0.481 e. The molecule has 2 aliphatic heterocycles. The molecule has 3 aliphatic rings. The molecule has 0 aromatic carbocycles. The van der Waals surface area contributed by atoms with Crippen LogP contribution < -0.4 is 0 Å². The number of ether oxygens (including phenoxy) is 3. The van der Waals surface area contributed by atoms with E-state index in [1.165, 1.54) is 0 Å². The monoisotopic (exact) mass is 326 g/mol. The molecule has 23 heavy (non-hydrogen) atoms. The van der Waals surface area contributed by atoms with Gasteiger partial charge in [0.15, 0.2) is 0 Å². The highest BCUT2D eigenvalue weighted by atomic mass is 16.6. The summed E-state index contributed by atoms with van der Waals surface area (Å²) in [5.74, 6) is -4.18. The third-order valence-electron chi connectivity index (χ3n) is 4.38. The van der Waals surface area contributed by atoms with Gasteiger partial charge in [0.05, 0.1) is 24.5 Å².